The molecule has 0 amide bonds. The van der Waals surface area contributed by atoms with E-state index in [1.165, 1.54) is 11.1 Å². The quantitative estimate of drug-likeness (QED) is 0.696. The van der Waals surface area contributed by atoms with E-state index in [1.807, 2.05) is 30.3 Å². The zero-order valence-electron chi connectivity index (χ0n) is 10.2. The normalized spacial score (nSPS) is 10.9. The van der Waals surface area contributed by atoms with Crippen molar-refractivity contribution < 1.29 is 5.21 Å². The minimum absolute atomic E-state index is 0.732. The number of benzene rings is 2. The molecule has 1 heterocycles. The highest BCUT2D eigenvalue weighted by Gasteiger charge is 2.09. The Morgan fingerprint density at radius 1 is 1.11 bits per heavy atom. The molecule has 90 valence electrons. The summed E-state index contributed by atoms with van der Waals surface area (Å²) >= 11 is 0. The fourth-order valence-corrected chi connectivity index (χ4v) is 2.26. The third kappa shape index (κ3) is 1.84. The van der Waals surface area contributed by atoms with Crippen molar-refractivity contribution in [1.29, 1.82) is 0 Å². The number of rotatable bonds is 2. The van der Waals surface area contributed by atoms with Crippen LogP contribution in [0.4, 0.5) is 0 Å². The lowest BCUT2D eigenvalue weighted by Crippen LogP contribution is -1.94. The maximum atomic E-state index is 9.73. The Morgan fingerprint density at radius 2 is 1.94 bits per heavy atom. The highest BCUT2D eigenvalue weighted by Crippen LogP contribution is 2.20. The van der Waals surface area contributed by atoms with E-state index in [2.05, 4.69) is 30.2 Å². The number of nitrogens with zero attached hydrogens (tertiary/aromatic N) is 2. The fourth-order valence-electron chi connectivity index (χ4n) is 2.26. The van der Waals surface area contributed by atoms with Crippen LogP contribution >= 0.6 is 0 Å². The summed E-state index contributed by atoms with van der Waals surface area (Å²) < 4.78 is 0. The molecule has 0 atom stereocenters. The second-order valence-electron chi connectivity index (χ2n) is 4.52. The van der Waals surface area contributed by atoms with Crippen LogP contribution in [-0.2, 0) is 6.42 Å². The van der Waals surface area contributed by atoms with Crippen molar-refractivity contribution in [2.45, 2.75) is 13.3 Å². The minimum Gasteiger partial charge on any atom is -0.411 e. The topological polar surface area (TPSA) is 38.0 Å². The molecule has 0 saturated carbocycles. The summed E-state index contributed by atoms with van der Waals surface area (Å²) in [6.45, 7) is 2.08. The van der Waals surface area contributed by atoms with Gasteiger partial charge >= 0.3 is 0 Å². The molecule has 0 aliphatic rings. The molecule has 0 spiro atoms. The Kier molecular flexibility index (Phi) is 2.52. The van der Waals surface area contributed by atoms with Gasteiger partial charge in [0.05, 0.1) is 5.69 Å². The number of hydrogen-bond donors (Lipinski definition) is 1. The predicted molar refractivity (Wildman–Crippen MR) is 70.9 cm³/mol. The monoisotopic (exact) mass is 238 g/mol. The van der Waals surface area contributed by atoms with Crippen LogP contribution in [0.25, 0.3) is 10.9 Å². The van der Waals surface area contributed by atoms with E-state index < -0.39 is 0 Å². The van der Waals surface area contributed by atoms with Crippen molar-refractivity contribution in [1.82, 2.24) is 9.94 Å². The molecule has 0 unspecified atom stereocenters. The number of fused-ring (bicyclic) bond motifs is 1. The molecule has 0 aliphatic carbocycles. The molecule has 0 radical (unpaired) electrons. The van der Waals surface area contributed by atoms with E-state index in [4.69, 9.17) is 0 Å². The average molecular weight is 238 g/mol. The summed E-state index contributed by atoms with van der Waals surface area (Å²) in [5.41, 5.74) is 4.10. The zero-order chi connectivity index (χ0) is 12.5. The Balaban J connectivity index is 2.05. The van der Waals surface area contributed by atoms with Gasteiger partial charge in [-0.25, -0.2) is 0 Å². The molecule has 3 heteroatoms. The summed E-state index contributed by atoms with van der Waals surface area (Å²) in [7, 11) is 0. The highest BCUT2D eigenvalue weighted by atomic mass is 16.5. The second kappa shape index (κ2) is 4.18. The van der Waals surface area contributed by atoms with Crippen LogP contribution in [0.5, 0.6) is 0 Å². The van der Waals surface area contributed by atoms with Gasteiger partial charge in [-0.2, -0.15) is 0 Å². The van der Waals surface area contributed by atoms with Crippen LogP contribution < -0.4 is 0 Å². The second-order valence-corrected chi connectivity index (χ2v) is 4.52. The molecular formula is C15H14N2O. The molecule has 2 aromatic carbocycles. The van der Waals surface area contributed by atoms with E-state index in [0.717, 1.165) is 27.9 Å². The molecule has 3 nitrogen and oxygen atoms in total. The van der Waals surface area contributed by atoms with E-state index >= 15 is 0 Å². The van der Waals surface area contributed by atoms with Crippen LogP contribution in [0.2, 0.25) is 0 Å². The minimum atomic E-state index is 0.732. The number of para-hydroxylation sites is 1. The van der Waals surface area contributed by atoms with Gasteiger partial charge < -0.3 is 5.21 Å². The SMILES string of the molecule is Cc1cccc(Cc2nn(O)c3ccccc23)c1. The van der Waals surface area contributed by atoms with Crippen LogP contribution in [0, 0.1) is 6.92 Å². The zero-order valence-corrected chi connectivity index (χ0v) is 10.2. The predicted octanol–water partition coefficient (Wildman–Crippen LogP) is 3.17. The lowest BCUT2D eigenvalue weighted by atomic mass is 10.1. The summed E-state index contributed by atoms with van der Waals surface area (Å²) in [6, 6.07) is 16.1. The van der Waals surface area contributed by atoms with Gasteiger partial charge in [-0.1, -0.05) is 48.0 Å². The Morgan fingerprint density at radius 3 is 2.78 bits per heavy atom. The van der Waals surface area contributed by atoms with Gasteiger partial charge in [0.2, 0.25) is 0 Å². The van der Waals surface area contributed by atoms with Crippen LogP contribution in [0.3, 0.4) is 0 Å². The van der Waals surface area contributed by atoms with Gasteiger partial charge in [0.1, 0.15) is 5.52 Å². The van der Waals surface area contributed by atoms with Crippen molar-refractivity contribution in [3.8, 4) is 0 Å². The molecule has 18 heavy (non-hydrogen) atoms. The average Bonchev–Trinajstić information content (AvgIpc) is 2.67. The van der Waals surface area contributed by atoms with Gasteiger partial charge in [0.15, 0.2) is 0 Å². The van der Waals surface area contributed by atoms with Gasteiger partial charge in [-0.05, 0) is 18.6 Å². The first-order chi connectivity index (χ1) is 8.74. The molecule has 3 rings (SSSR count). The molecule has 1 N–H and O–H groups in total. The summed E-state index contributed by atoms with van der Waals surface area (Å²) in [5, 5.41) is 14.9. The molecule has 1 aromatic heterocycles. The smallest absolute Gasteiger partial charge is 0.110 e. The summed E-state index contributed by atoms with van der Waals surface area (Å²) in [4.78, 5) is 0.959. The van der Waals surface area contributed by atoms with Gasteiger partial charge in [-0.15, -0.1) is 9.94 Å². The lowest BCUT2D eigenvalue weighted by Gasteiger charge is -2.00. The number of hydrogen-bond acceptors (Lipinski definition) is 2. The maximum Gasteiger partial charge on any atom is 0.110 e. The summed E-state index contributed by atoms with van der Waals surface area (Å²) in [5.74, 6) is 0. The van der Waals surface area contributed by atoms with E-state index in [0.29, 0.717) is 0 Å². The van der Waals surface area contributed by atoms with Crippen molar-refractivity contribution in [3.05, 3.63) is 65.4 Å². The third-order valence-corrected chi connectivity index (χ3v) is 3.10. The third-order valence-electron chi connectivity index (χ3n) is 3.10. The standard InChI is InChI=1S/C15H14N2O/c1-11-5-4-6-12(9-11)10-14-13-7-2-3-8-15(13)17(18)16-14/h2-9,18H,10H2,1H3. The Labute approximate surface area is 105 Å². The van der Waals surface area contributed by atoms with Gasteiger partial charge in [0.25, 0.3) is 0 Å². The molecule has 0 aliphatic heterocycles. The van der Waals surface area contributed by atoms with E-state index in [9.17, 15) is 5.21 Å². The maximum absolute atomic E-state index is 9.73. The number of aryl methyl sites for hydroxylation is 1. The van der Waals surface area contributed by atoms with Gasteiger partial charge in [0, 0.05) is 11.8 Å². The Hall–Kier alpha value is -2.29. The van der Waals surface area contributed by atoms with Crippen LogP contribution in [-0.4, -0.2) is 15.2 Å². The number of aromatic nitrogens is 2. The Bertz CT molecular complexity index is 701. The van der Waals surface area contributed by atoms with Crippen molar-refractivity contribution in [2.75, 3.05) is 0 Å². The lowest BCUT2D eigenvalue weighted by molar-refractivity contribution is 0.160. The molecule has 0 fully saturated rings. The largest absolute Gasteiger partial charge is 0.411 e. The summed E-state index contributed by atoms with van der Waals surface area (Å²) in [6.07, 6.45) is 0.732. The first-order valence-corrected chi connectivity index (χ1v) is 5.95. The van der Waals surface area contributed by atoms with E-state index in [1.54, 1.807) is 0 Å². The first kappa shape index (κ1) is 10.8. The fraction of sp³-hybridized carbons (Fsp3) is 0.133. The molecule has 3 aromatic rings. The molecule has 0 bridgehead atoms. The highest BCUT2D eigenvalue weighted by molar-refractivity contribution is 5.81. The van der Waals surface area contributed by atoms with Crippen molar-refractivity contribution in [2.24, 2.45) is 0 Å². The van der Waals surface area contributed by atoms with Crippen LogP contribution in [0.1, 0.15) is 16.8 Å². The van der Waals surface area contributed by atoms with E-state index in [-0.39, 0.29) is 0 Å². The first-order valence-electron chi connectivity index (χ1n) is 5.95. The van der Waals surface area contributed by atoms with Crippen molar-refractivity contribution >= 4 is 10.9 Å². The van der Waals surface area contributed by atoms with Crippen molar-refractivity contribution in [3.63, 3.8) is 0 Å². The molecular weight excluding hydrogens is 224 g/mol. The van der Waals surface area contributed by atoms with Crippen LogP contribution in [0.15, 0.2) is 48.5 Å². The molecule has 0 saturated heterocycles. The van der Waals surface area contributed by atoms with Gasteiger partial charge in [-0.3, -0.25) is 0 Å².